The van der Waals surface area contributed by atoms with E-state index in [0.717, 1.165) is 9.79 Å². The highest BCUT2D eigenvalue weighted by Crippen LogP contribution is 2.33. The van der Waals surface area contributed by atoms with Gasteiger partial charge in [0.1, 0.15) is 11.6 Å². The summed E-state index contributed by atoms with van der Waals surface area (Å²) >= 11 is 1.51. The van der Waals surface area contributed by atoms with Gasteiger partial charge in [-0.2, -0.15) is 5.26 Å². The largest absolute Gasteiger partial charge is 0.386 e. The van der Waals surface area contributed by atoms with Crippen LogP contribution in [0.25, 0.3) is 0 Å². The monoisotopic (exact) mass is 413 g/mol. The summed E-state index contributed by atoms with van der Waals surface area (Å²) < 4.78 is 23.0. The summed E-state index contributed by atoms with van der Waals surface area (Å²) in [5, 5.41) is 15.0. The van der Waals surface area contributed by atoms with E-state index in [-0.39, 0.29) is 23.1 Å². The number of benzene rings is 2. The number of sulfone groups is 1. The fourth-order valence-corrected chi connectivity index (χ4v) is 5.35. The topological polar surface area (TPSA) is 99.1 Å². The molecule has 144 valence electrons. The number of nitrogens with one attached hydrogen (secondary N) is 2. The Kier molecular flexibility index (Phi) is 6.39. The molecule has 0 spiro atoms. The van der Waals surface area contributed by atoms with E-state index in [9.17, 15) is 18.5 Å². The lowest BCUT2D eigenvalue weighted by molar-refractivity contribution is -0.112. The van der Waals surface area contributed by atoms with E-state index in [1.807, 2.05) is 54.6 Å². The van der Waals surface area contributed by atoms with Gasteiger partial charge in [-0.05, 0) is 30.7 Å². The van der Waals surface area contributed by atoms with Gasteiger partial charge in [-0.15, -0.1) is 0 Å². The van der Waals surface area contributed by atoms with E-state index < -0.39 is 15.7 Å². The van der Waals surface area contributed by atoms with Crippen molar-refractivity contribution in [3.8, 4) is 6.07 Å². The van der Waals surface area contributed by atoms with Crippen molar-refractivity contribution in [1.29, 1.82) is 5.26 Å². The zero-order valence-corrected chi connectivity index (χ0v) is 16.6. The first-order valence-corrected chi connectivity index (χ1v) is 11.3. The first-order chi connectivity index (χ1) is 13.5. The zero-order valence-electron chi connectivity index (χ0n) is 15.0. The van der Waals surface area contributed by atoms with Crippen molar-refractivity contribution in [3.05, 3.63) is 66.4 Å². The fourth-order valence-electron chi connectivity index (χ4n) is 2.74. The van der Waals surface area contributed by atoms with Crippen LogP contribution in [0.4, 0.5) is 5.69 Å². The summed E-state index contributed by atoms with van der Waals surface area (Å²) in [4.78, 5) is 14.4. The van der Waals surface area contributed by atoms with E-state index in [0.29, 0.717) is 12.1 Å². The molecule has 2 aromatic carbocycles. The predicted octanol–water partition coefficient (Wildman–Crippen LogP) is 2.96. The molecule has 1 aliphatic heterocycles. The summed E-state index contributed by atoms with van der Waals surface area (Å²) in [7, 11) is -3.03. The van der Waals surface area contributed by atoms with Gasteiger partial charge in [-0.25, -0.2) is 8.42 Å². The summed E-state index contributed by atoms with van der Waals surface area (Å²) in [5.41, 5.74) is 0.495. The minimum Gasteiger partial charge on any atom is -0.386 e. The third-order valence-electron chi connectivity index (χ3n) is 4.17. The van der Waals surface area contributed by atoms with Crippen LogP contribution in [0.2, 0.25) is 0 Å². The van der Waals surface area contributed by atoms with Crippen LogP contribution in [0, 0.1) is 11.3 Å². The predicted molar refractivity (Wildman–Crippen MR) is 110 cm³/mol. The maximum atomic E-state index is 12.5. The van der Waals surface area contributed by atoms with Crippen LogP contribution in [0.1, 0.15) is 6.42 Å². The second-order valence-electron chi connectivity index (χ2n) is 6.30. The van der Waals surface area contributed by atoms with Gasteiger partial charge in [0.2, 0.25) is 0 Å². The van der Waals surface area contributed by atoms with E-state index in [2.05, 4.69) is 10.6 Å². The first kappa shape index (κ1) is 20.0. The lowest BCUT2D eigenvalue weighted by Crippen LogP contribution is -2.27. The van der Waals surface area contributed by atoms with Crippen molar-refractivity contribution in [2.24, 2.45) is 0 Å². The Morgan fingerprint density at radius 2 is 1.86 bits per heavy atom. The van der Waals surface area contributed by atoms with Crippen LogP contribution >= 0.6 is 11.8 Å². The number of rotatable bonds is 6. The third kappa shape index (κ3) is 5.38. The summed E-state index contributed by atoms with van der Waals surface area (Å²) in [5.74, 6) is -0.409. The Bertz CT molecular complexity index is 1030. The quantitative estimate of drug-likeness (QED) is 0.558. The van der Waals surface area contributed by atoms with Crippen LogP contribution in [0.3, 0.4) is 0 Å². The van der Waals surface area contributed by atoms with Gasteiger partial charge < -0.3 is 10.6 Å². The van der Waals surface area contributed by atoms with Gasteiger partial charge in [0.05, 0.1) is 17.2 Å². The van der Waals surface area contributed by atoms with Crippen molar-refractivity contribution in [3.63, 3.8) is 0 Å². The molecule has 1 amide bonds. The lowest BCUT2D eigenvalue weighted by Gasteiger charge is -2.11. The number of nitriles is 1. The van der Waals surface area contributed by atoms with Crippen LogP contribution in [-0.2, 0) is 14.6 Å². The van der Waals surface area contributed by atoms with Crippen LogP contribution in [-0.4, -0.2) is 31.9 Å². The second kappa shape index (κ2) is 8.95. The average Bonchev–Trinajstić information content (AvgIpc) is 3.03. The standard InChI is InChI=1S/C20H19N3O3S2/c21-12-15(13-22-16-10-11-28(25,26)14-16)20(24)23-18-8-4-5-9-19(18)27-17-6-2-1-3-7-17/h1-9,13,16,22H,10-11,14H2,(H,23,24)/b15-13-. The van der Waals surface area contributed by atoms with Crippen molar-refractivity contribution >= 4 is 33.2 Å². The van der Waals surface area contributed by atoms with E-state index >= 15 is 0 Å². The smallest absolute Gasteiger partial charge is 0.267 e. The molecular weight excluding hydrogens is 394 g/mol. The molecule has 1 unspecified atom stereocenters. The lowest BCUT2D eigenvalue weighted by atomic mass is 10.2. The number of nitrogens with zero attached hydrogens (tertiary/aromatic N) is 1. The Morgan fingerprint density at radius 1 is 1.14 bits per heavy atom. The summed E-state index contributed by atoms with van der Waals surface area (Å²) in [6.45, 7) is 0. The van der Waals surface area contributed by atoms with E-state index in [4.69, 9.17) is 0 Å². The van der Waals surface area contributed by atoms with Crippen LogP contribution in [0.15, 0.2) is 76.2 Å². The van der Waals surface area contributed by atoms with Gasteiger partial charge in [0.15, 0.2) is 9.84 Å². The van der Waals surface area contributed by atoms with Crippen molar-refractivity contribution in [2.45, 2.75) is 22.3 Å². The molecule has 1 aliphatic rings. The highest BCUT2D eigenvalue weighted by Gasteiger charge is 2.27. The Hall–Kier alpha value is -2.76. The molecule has 0 aromatic heterocycles. The molecule has 3 rings (SSSR count). The first-order valence-electron chi connectivity index (χ1n) is 8.67. The fraction of sp³-hybridized carbons (Fsp3) is 0.200. The highest BCUT2D eigenvalue weighted by atomic mass is 32.2. The minimum absolute atomic E-state index is 0.0143. The third-order valence-corrected chi connectivity index (χ3v) is 7.02. The Balaban J connectivity index is 1.69. The number of hydrogen-bond donors (Lipinski definition) is 2. The minimum atomic E-state index is -3.03. The SMILES string of the molecule is N#C/C(=C/NC1CCS(=O)(=O)C1)C(=O)Nc1ccccc1Sc1ccccc1. The van der Waals surface area contributed by atoms with Gasteiger partial charge in [-0.1, -0.05) is 42.1 Å². The maximum Gasteiger partial charge on any atom is 0.267 e. The molecular formula is C20H19N3O3S2. The number of hydrogen-bond acceptors (Lipinski definition) is 6. The van der Waals surface area contributed by atoms with Crippen LogP contribution in [0.5, 0.6) is 0 Å². The molecule has 0 aliphatic carbocycles. The second-order valence-corrected chi connectivity index (χ2v) is 9.65. The molecule has 1 heterocycles. The average molecular weight is 414 g/mol. The molecule has 28 heavy (non-hydrogen) atoms. The zero-order chi connectivity index (χ0) is 20.0. The summed E-state index contributed by atoms with van der Waals surface area (Å²) in [6.07, 6.45) is 1.77. The normalized spacial score (nSPS) is 18.2. The number of amides is 1. The Labute approximate surface area is 168 Å². The van der Waals surface area contributed by atoms with E-state index in [1.54, 1.807) is 6.07 Å². The summed E-state index contributed by atoms with van der Waals surface area (Å²) in [6, 6.07) is 18.7. The molecule has 0 saturated carbocycles. The number of anilines is 1. The van der Waals surface area contributed by atoms with Crippen molar-refractivity contribution in [2.75, 3.05) is 16.8 Å². The van der Waals surface area contributed by atoms with Gasteiger partial charge >= 0.3 is 0 Å². The molecule has 1 atom stereocenters. The number of carbonyl (C=O) groups excluding carboxylic acids is 1. The number of carbonyl (C=O) groups is 1. The van der Waals surface area contributed by atoms with Gasteiger partial charge in [-0.3, -0.25) is 4.79 Å². The molecule has 6 nitrogen and oxygen atoms in total. The molecule has 2 aromatic rings. The molecule has 1 saturated heterocycles. The Morgan fingerprint density at radius 3 is 2.54 bits per heavy atom. The number of para-hydroxylation sites is 1. The molecule has 2 N–H and O–H groups in total. The molecule has 1 fully saturated rings. The molecule has 0 radical (unpaired) electrons. The molecule has 0 bridgehead atoms. The maximum absolute atomic E-state index is 12.5. The highest BCUT2D eigenvalue weighted by molar-refractivity contribution is 7.99. The van der Waals surface area contributed by atoms with Gasteiger partial charge in [0, 0.05) is 22.0 Å². The molecule has 8 heteroatoms. The van der Waals surface area contributed by atoms with Crippen molar-refractivity contribution < 1.29 is 13.2 Å². The van der Waals surface area contributed by atoms with Crippen LogP contribution < -0.4 is 10.6 Å². The van der Waals surface area contributed by atoms with Crippen molar-refractivity contribution in [1.82, 2.24) is 5.32 Å². The van der Waals surface area contributed by atoms with E-state index in [1.165, 1.54) is 18.0 Å². The van der Waals surface area contributed by atoms with Gasteiger partial charge in [0.25, 0.3) is 5.91 Å².